The summed E-state index contributed by atoms with van der Waals surface area (Å²) in [4.78, 5) is 8.00. The fourth-order valence-electron chi connectivity index (χ4n) is 2.66. The topological polar surface area (TPSA) is 74.8 Å². The van der Waals surface area contributed by atoms with E-state index in [1.54, 1.807) is 42.5 Å². The Balaban J connectivity index is 1.77. The van der Waals surface area contributed by atoms with Gasteiger partial charge in [-0.25, -0.2) is 13.4 Å². The number of aromatic amines is 1. The molecule has 25 heavy (non-hydrogen) atoms. The normalized spacial score (nSPS) is 11.5. The van der Waals surface area contributed by atoms with Crippen LogP contribution in [0, 0.1) is 0 Å². The number of rotatable bonds is 4. The molecule has 0 fully saturated rings. The second-order valence-electron chi connectivity index (χ2n) is 5.57. The van der Waals surface area contributed by atoms with Crippen LogP contribution in [0.2, 0.25) is 0 Å². The van der Waals surface area contributed by atoms with E-state index in [9.17, 15) is 8.42 Å². The predicted octanol–water partition coefficient (Wildman–Crippen LogP) is 4.03. The first-order valence-electron chi connectivity index (χ1n) is 7.75. The Kier molecular flexibility index (Phi) is 3.74. The number of nitrogens with one attached hydrogen (secondary N) is 2. The molecule has 2 N–H and O–H groups in total. The summed E-state index contributed by atoms with van der Waals surface area (Å²) in [5.41, 5.74) is 2.90. The van der Waals surface area contributed by atoms with Crippen molar-refractivity contribution in [3.63, 3.8) is 0 Å². The van der Waals surface area contributed by atoms with Crippen LogP contribution in [0.4, 0.5) is 5.69 Å². The van der Waals surface area contributed by atoms with Crippen molar-refractivity contribution in [2.75, 3.05) is 4.72 Å². The quantitative estimate of drug-likeness (QED) is 0.584. The Labute approximate surface area is 145 Å². The van der Waals surface area contributed by atoms with Crippen molar-refractivity contribution in [2.24, 2.45) is 0 Å². The molecule has 0 unspecified atom stereocenters. The standard InChI is InChI=1S/C19H15N3O2S/c23-25(24,14-8-2-1-3-9-14)22-16-11-5-4-10-15(16)19-20-17-12-6-7-13-18(17)21-19/h1-13,22H,(H,20,21). The van der Waals surface area contributed by atoms with Crippen molar-refractivity contribution in [2.45, 2.75) is 4.90 Å². The fraction of sp³-hybridized carbons (Fsp3) is 0. The third-order valence-electron chi connectivity index (χ3n) is 3.87. The number of fused-ring (bicyclic) bond motifs is 1. The molecule has 0 bridgehead atoms. The molecule has 0 atom stereocenters. The molecule has 3 aromatic carbocycles. The smallest absolute Gasteiger partial charge is 0.261 e. The Morgan fingerprint density at radius 1 is 0.800 bits per heavy atom. The van der Waals surface area contributed by atoms with Crippen molar-refractivity contribution in [1.82, 2.24) is 9.97 Å². The van der Waals surface area contributed by atoms with E-state index >= 15 is 0 Å². The maximum atomic E-state index is 12.6. The van der Waals surface area contributed by atoms with Gasteiger partial charge in [-0.2, -0.15) is 0 Å². The number of anilines is 1. The van der Waals surface area contributed by atoms with Crippen LogP contribution in [0.1, 0.15) is 0 Å². The fourth-order valence-corrected chi connectivity index (χ4v) is 3.76. The van der Waals surface area contributed by atoms with Gasteiger partial charge in [0.1, 0.15) is 5.82 Å². The lowest BCUT2D eigenvalue weighted by atomic mass is 10.2. The molecule has 6 heteroatoms. The summed E-state index contributed by atoms with van der Waals surface area (Å²) in [6, 6.07) is 23.2. The summed E-state index contributed by atoms with van der Waals surface area (Å²) in [5.74, 6) is 0.618. The van der Waals surface area contributed by atoms with Crippen molar-refractivity contribution in [3.8, 4) is 11.4 Å². The van der Waals surface area contributed by atoms with Crippen LogP contribution in [-0.4, -0.2) is 18.4 Å². The number of benzene rings is 3. The Morgan fingerprint density at radius 2 is 1.48 bits per heavy atom. The number of H-pyrrole nitrogens is 1. The summed E-state index contributed by atoms with van der Waals surface area (Å²) in [6.07, 6.45) is 0. The van der Waals surface area contributed by atoms with Crippen LogP contribution in [0.15, 0.2) is 83.8 Å². The third kappa shape index (κ3) is 2.99. The minimum atomic E-state index is -3.67. The van der Waals surface area contributed by atoms with Crippen molar-refractivity contribution in [3.05, 3.63) is 78.9 Å². The van der Waals surface area contributed by atoms with Crippen LogP contribution in [-0.2, 0) is 10.0 Å². The van der Waals surface area contributed by atoms with Gasteiger partial charge in [0.05, 0.1) is 21.6 Å². The summed E-state index contributed by atoms with van der Waals surface area (Å²) in [7, 11) is -3.67. The largest absolute Gasteiger partial charge is 0.338 e. The first kappa shape index (κ1) is 15.4. The second kappa shape index (κ2) is 6.07. The average Bonchev–Trinajstić information content (AvgIpc) is 3.06. The minimum absolute atomic E-state index is 0.217. The van der Waals surface area contributed by atoms with Gasteiger partial charge in [0, 0.05) is 5.56 Å². The van der Waals surface area contributed by atoms with Gasteiger partial charge in [-0.1, -0.05) is 42.5 Å². The molecule has 0 aliphatic rings. The van der Waals surface area contributed by atoms with E-state index in [1.165, 1.54) is 0 Å². The van der Waals surface area contributed by atoms with Crippen molar-refractivity contribution in [1.29, 1.82) is 0 Å². The molecule has 0 aliphatic heterocycles. The van der Waals surface area contributed by atoms with Gasteiger partial charge in [-0.05, 0) is 36.4 Å². The summed E-state index contributed by atoms with van der Waals surface area (Å²) in [5, 5.41) is 0. The van der Waals surface area contributed by atoms with Crippen LogP contribution >= 0.6 is 0 Å². The number of sulfonamides is 1. The molecule has 0 amide bonds. The monoisotopic (exact) mass is 349 g/mol. The highest BCUT2D eigenvalue weighted by Gasteiger charge is 2.17. The zero-order chi connectivity index (χ0) is 17.3. The molecule has 1 aromatic heterocycles. The molecule has 4 aromatic rings. The van der Waals surface area contributed by atoms with E-state index < -0.39 is 10.0 Å². The van der Waals surface area contributed by atoms with Crippen LogP contribution in [0.5, 0.6) is 0 Å². The molecule has 0 radical (unpaired) electrons. The molecule has 0 saturated heterocycles. The van der Waals surface area contributed by atoms with E-state index in [-0.39, 0.29) is 4.90 Å². The summed E-state index contributed by atoms with van der Waals surface area (Å²) < 4.78 is 27.9. The molecule has 0 aliphatic carbocycles. The van der Waals surface area contributed by atoms with Gasteiger partial charge in [0.25, 0.3) is 10.0 Å². The second-order valence-corrected chi connectivity index (χ2v) is 7.25. The van der Waals surface area contributed by atoms with Gasteiger partial charge in [-0.3, -0.25) is 4.72 Å². The van der Waals surface area contributed by atoms with Crippen molar-refractivity contribution >= 4 is 26.7 Å². The molecular formula is C19H15N3O2S. The highest BCUT2D eigenvalue weighted by atomic mass is 32.2. The van der Waals surface area contributed by atoms with E-state index in [2.05, 4.69) is 14.7 Å². The highest BCUT2D eigenvalue weighted by Crippen LogP contribution is 2.29. The van der Waals surface area contributed by atoms with Crippen LogP contribution in [0.25, 0.3) is 22.4 Å². The molecular weight excluding hydrogens is 334 g/mol. The number of nitrogens with zero attached hydrogens (tertiary/aromatic N) is 1. The maximum Gasteiger partial charge on any atom is 0.261 e. The minimum Gasteiger partial charge on any atom is -0.338 e. The lowest BCUT2D eigenvalue weighted by molar-refractivity contribution is 0.601. The number of imidazole rings is 1. The summed E-state index contributed by atoms with van der Waals surface area (Å²) in [6.45, 7) is 0. The molecule has 1 heterocycles. The number of para-hydroxylation sites is 3. The predicted molar refractivity (Wildman–Crippen MR) is 98.8 cm³/mol. The molecule has 5 nitrogen and oxygen atoms in total. The van der Waals surface area contributed by atoms with E-state index in [4.69, 9.17) is 0 Å². The van der Waals surface area contributed by atoms with E-state index in [0.29, 0.717) is 17.1 Å². The van der Waals surface area contributed by atoms with Gasteiger partial charge in [0.15, 0.2) is 0 Å². The van der Waals surface area contributed by atoms with Crippen LogP contribution < -0.4 is 4.72 Å². The number of hydrogen-bond acceptors (Lipinski definition) is 3. The first-order valence-corrected chi connectivity index (χ1v) is 9.24. The lowest BCUT2D eigenvalue weighted by Gasteiger charge is -2.11. The highest BCUT2D eigenvalue weighted by molar-refractivity contribution is 7.92. The Hall–Kier alpha value is -3.12. The third-order valence-corrected chi connectivity index (χ3v) is 5.25. The zero-order valence-electron chi connectivity index (χ0n) is 13.2. The first-order chi connectivity index (χ1) is 12.1. The van der Waals surface area contributed by atoms with Gasteiger partial charge < -0.3 is 4.98 Å². The lowest BCUT2D eigenvalue weighted by Crippen LogP contribution is -2.13. The van der Waals surface area contributed by atoms with Gasteiger partial charge >= 0.3 is 0 Å². The van der Waals surface area contributed by atoms with Crippen molar-refractivity contribution < 1.29 is 8.42 Å². The Bertz CT molecular complexity index is 1100. The van der Waals surface area contributed by atoms with E-state index in [1.807, 2.05) is 36.4 Å². The number of hydrogen-bond donors (Lipinski definition) is 2. The Morgan fingerprint density at radius 3 is 2.28 bits per heavy atom. The molecule has 0 spiro atoms. The number of aromatic nitrogens is 2. The van der Waals surface area contributed by atoms with Crippen LogP contribution in [0.3, 0.4) is 0 Å². The van der Waals surface area contributed by atoms with Gasteiger partial charge in [-0.15, -0.1) is 0 Å². The molecule has 0 saturated carbocycles. The average molecular weight is 349 g/mol. The maximum absolute atomic E-state index is 12.6. The molecule has 124 valence electrons. The SMILES string of the molecule is O=S(=O)(Nc1ccccc1-c1nc2ccccc2[nH]1)c1ccccc1. The summed E-state index contributed by atoms with van der Waals surface area (Å²) >= 11 is 0. The van der Waals surface area contributed by atoms with E-state index in [0.717, 1.165) is 11.0 Å². The van der Waals surface area contributed by atoms with Gasteiger partial charge in [0.2, 0.25) is 0 Å². The zero-order valence-corrected chi connectivity index (χ0v) is 14.0. The molecule has 4 rings (SSSR count).